The summed E-state index contributed by atoms with van der Waals surface area (Å²) in [7, 11) is 1.51. The van der Waals surface area contributed by atoms with Gasteiger partial charge < -0.3 is 19.3 Å². The number of anilines is 1. The molecule has 1 saturated heterocycles. The van der Waals surface area contributed by atoms with Crippen LogP contribution in [-0.4, -0.2) is 47.3 Å². The Balaban J connectivity index is 1.55. The Morgan fingerprint density at radius 2 is 1.75 bits per heavy atom. The zero-order valence-corrected chi connectivity index (χ0v) is 26.7. The molecule has 4 aromatic rings. The summed E-state index contributed by atoms with van der Waals surface area (Å²) >= 11 is 8.64. The van der Waals surface area contributed by atoms with E-state index in [1.165, 1.54) is 35.1 Å². The molecule has 0 saturated carbocycles. The minimum Gasteiger partial charge on any atom is -0.507 e. The van der Waals surface area contributed by atoms with E-state index in [2.05, 4.69) is 10.2 Å². The highest BCUT2D eigenvalue weighted by Crippen LogP contribution is 2.45. The molecule has 1 fully saturated rings. The molecule has 1 aromatic heterocycles. The van der Waals surface area contributed by atoms with Crippen LogP contribution < -0.4 is 19.1 Å². The van der Waals surface area contributed by atoms with Crippen molar-refractivity contribution in [1.29, 1.82) is 0 Å². The second-order valence-electron chi connectivity index (χ2n) is 9.65. The molecule has 12 heteroatoms. The number of hydrogen-bond donors (Lipinski definition) is 1. The normalized spacial score (nSPS) is 15.9. The second kappa shape index (κ2) is 14.1. The Morgan fingerprint density at radius 1 is 1.00 bits per heavy atom. The zero-order chi connectivity index (χ0) is 31.2. The van der Waals surface area contributed by atoms with Crippen LogP contribution in [0.5, 0.6) is 17.2 Å². The number of amides is 1. The molecule has 3 aromatic carbocycles. The first-order valence-electron chi connectivity index (χ1n) is 13.9. The van der Waals surface area contributed by atoms with Gasteiger partial charge in [0.05, 0.1) is 31.9 Å². The SMILES string of the molecule is CCCOc1ccc(/C(O)=C2/C(=O)C(=O)N(c3nnc(SCc4ccc(Cl)cc4)s3)C2c2ccc(OCC)c(OC)c2)cc1. The molecule has 9 nitrogen and oxygen atoms in total. The fraction of sp³-hybridized carbons (Fsp3) is 0.250. The van der Waals surface area contributed by atoms with Crippen molar-refractivity contribution in [2.24, 2.45) is 0 Å². The van der Waals surface area contributed by atoms with Gasteiger partial charge in [-0.2, -0.15) is 0 Å². The standard InChI is InChI=1S/C32H30ClN3O6S2/c1-4-16-42-23-13-8-20(9-14-23)28(37)26-27(21-10-15-24(41-5-2)25(17-21)40-3)36(30(39)29(26)38)31-34-35-32(44-31)43-18-19-6-11-22(33)12-7-19/h6-15,17,27,37H,4-5,16,18H2,1-3H3/b28-26-. The van der Waals surface area contributed by atoms with Gasteiger partial charge in [0, 0.05) is 16.3 Å². The number of carbonyl (C=O) groups excluding carboxylic acids is 2. The van der Waals surface area contributed by atoms with Gasteiger partial charge in [0.25, 0.3) is 5.78 Å². The highest BCUT2D eigenvalue weighted by Gasteiger charge is 2.48. The van der Waals surface area contributed by atoms with Crippen molar-refractivity contribution in [3.63, 3.8) is 0 Å². The van der Waals surface area contributed by atoms with Crippen molar-refractivity contribution in [2.75, 3.05) is 25.2 Å². The number of aliphatic hydroxyl groups excluding tert-OH is 1. The molecule has 228 valence electrons. The van der Waals surface area contributed by atoms with Gasteiger partial charge in [0.15, 0.2) is 15.8 Å². The number of carbonyl (C=O) groups is 2. The highest BCUT2D eigenvalue weighted by molar-refractivity contribution is 8.00. The smallest absolute Gasteiger partial charge is 0.301 e. The zero-order valence-electron chi connectivity index (χ0n) is 24.3. The van der Waals surface area contributed by atoms with Gasteiger partial charge in [0.2, 0.25) is 5.13 Å². The van der Waals surface area contributed by atoms with E-state index in [1.807, 2.05) is 38.1 Å². The molecule has 1 unspecified atom stereocenters. The number of ketones is 1. The summed E-state index contributed by atoms with van der Waals surface area (Å²) in [5.74, 6) is 0.206. The maximum absolute atomic E-state index is 13.6. The number of hydrogen-bond acceptors (Lipinski definition) is 10. The van der Waals surface area contributed by atoms with E-state index in [-0.39, 0.29) is 16.5 Å². The third-order valence-corrected chi connectivity index (χ3v) is 9.10. The lowest BCUT2D eigenvalue weighted by molar-refractivity contribution is -0.132. The largest absolute Gasteiger partial charge is 0.507 e. The molecular formula is C32H30ClN3O6S2. The molecule has 0 aliphatic carbocycles. The van der Waals surface area contributed by atoms with Crippen LogP contribution in [0, 0.1) is 0 Å². The Kier molecular flexibility index (Phi) is 10.1. The molecule has 0 radical (unpaired) electrons. The summed E-state index contributed by atoms with van der Waals surface area (Å²) in [4.78, 5) is 28.5. The lowest BCUT2D eigenvalue weighted by Gasteiger charge is -2.23. The van der Waals surface area contributed by atoms with Gasteiger partial charge in [-0.25, -0.2) is 0 Å². The van der Waals surface area contributed by atoms with Crippen LogP contribution in [0.1, 0.15) is 43.0 Å². The summed E-state index contributed by atoms with van der Waals surface area (Å²) in [6, 6.07) is 18.4. The van der Waals surface area contributed by atoms with Gasteiger partial charge in [-0.15, -0.1) is 10.2 Å². The van der Waals surface area contributed by atoms with Crippen LogP contribution in [0.15, 0.2) is 76.6 Å². The van der Waals surface area contributed by atoms with Crippen molar-refractivity contribution < 1.29 is 28.9 Å². The Morgan fingerprint density at radius 3 is 2.43 bits per heavy atom. The second-order valence-corrected chi connectivity index (χ2v) is 12.3. The molecule has 1 atom stereocenters. The topological polar surface area (TPSA) is 111 Å². The van der Waals surface area contributed by atoms with Gasteiger partial charge >= 0.3 is 5.91 Å². The van der Waals surface area contributed by atoms with Gasteiger partial charge in [-0.1, -0.05) is 59.8 Å². The van der Waals surface area contributed by atoms with Crippen LogP contribution in [0.25, 0.3) is 5.76 Å². The van der Waals surface area contributed by atoms with E-state index in [4.69, 9.17) is 25.8 Å². The van der Waals surface area contributed by atoms with Crippen molar-refractivity contribution >= 4 is 57.3 Å². The molecule has 0 spiro atoms. The molecule has 2 heterocycles. The molecule has 1 aliphatic rings. The first kappa shape index (κ1) is 31.4. The first-order valence-corrected chi connectivity index (χ1v) is 16.1. The van der Waals surface area contributed by atoms with Crippen molar-refractivity contribution in [3.05, 3.63) is 94.0 Å². The molecule has 0 bridgehead atoms. The van der Waals surface area contributed by atoms with Gasteiger partial charge in [-0.3, -0.25) is 14.5 Å². The van der Waals surface area contributed by atoms with Crippen molar-refractivity contribution in [2.45, 2.75) is 36.4 Å². The van der Waals surface area contributed by atoms with Crippen molar-refractivity contribution in [3.8, 4) is 17.2 Å². The number of aliphatic hydroxyl groups is 1. The van der Waals surface area contributed by atoms with E-state index in [0.717, 1.165) is 12.0 Å². The van der Waals surface area contributed by atoms with Gasteiger partial charge in [-0.05, 0) is 73.0 Å². The fourth-order valence-electron chi connectivity index (χ4n) is 4.64. The number of aromatic nitrogens is 2. The number of benzene rings is 3. The highest BCUT2D eigenvalue weighted by atomic mass is 35.5. The van der Waals surface area contributed by atoms with Crippen LogP contribution in [0.4, 0.5) is 5.13 Å². The minimum absolute atomic E-state index is 0.0750. The Labute approximate surface area is 268 Å². The average Bonchev–Trinajstić information content (AvgIpc) is 3.61. The summed E-state index contributed by atoms with van der Waals surface area (Å²) in [6.45, 7) is 4.85. The number of nitrogens with zero attached hydrogens (tertiary/aromatic N) is 3. The predicted octanol–water partition coefficient (Wildman–Crippen LogP) is 7.31. The van der Waals surface area contributed by atoms with Crippen LogP contribution in [0.2, 0.25) is 5.02 Å². The maximum atomic E-state index is 13.6. The predicted molar refractivity (Wildman–Crippen MR) is 172 cm³/mol. The van der Waals surface area contributed by atoms with E-state index in [0.29, 0.717) is 56.7 Å². The van der Waals surface area contributed by atoms with Crippen LogP contribution in [0.3, 0.4) is 0 Å². The lowest BCUT2D eigenvalue weighted by Crippen LogP contribution is -2.29. The van der Waals surface area contributed by atoms with Crippen LogP contribution in [-0.2, 0) is 15.3 Å². The summed E-state index contributed by atoms with van der Waals surface area (Å²) in [6.07, 6.45) is 0.851. The molecule has 5 rings (SSSR count). The number of halogens is 1. The first-order chi connectivity index (χ1) is 21.3. The number of ether oxygens (including phenoxy) is 3. The number of rotatable bonds is 12. The van der Waals surface area contributed by atoms with E-state index in [1.54, 1.807) is 42.5 Å². The maximum Gasteiger partial charge on any atom is 0.301 e. The van der Waals surface area contributed by atoms with Crippen LogP contribution >= 0.6 is 34.7 Å². The summed E-state index contributed by atoms with van der Waals surface area (Å²) in [5.41, 5.74) is 1.86. The summed E-state index contributed by atoms with van der Waals surface area (Å²) < 4.78 is 17.5. The molecular weight excluding hydrogens is 622 g/mol. The monoisotopic (exact) mass is 651 g/mol. The average molecular weight is 652 g/mol. The number of methoxy groups -OCH3 is 1. The Bertz CT molecular complexity index is 1670. The lowest BCUT2D eigenvalue weighted by atomic mass is 9.95. The van der Waals surface area contributed by atoms with Crippen molar-refractivity contribution in [1.82, 2.24) is 10.2 Å². The minimum atomic E-state index is -1.00. The van der Waals surface area contributed by atoms with E-state index >= 15 is 0 Å². The number of Topliss-reactive ketones (excluding diaryl/α,β-unsaturated/α-hetero) is 1. The molecule has 1 aliphatic heterocycles. The molecule has 1 amide bonds. The third kappa shape index (κ3) is 6.69. The van der Waals surface area contributed by atoms with E-state index in [9.17, 15) is 14.7 Å². The van der Waals surface area contributed by atoms with Gasteiger partial charge in [0.1, 0.15) is 11.5 Å². The van der Waals surface area contributed by atoms with E-state index < -0.39 is 17.7 Å². The summed E-state index contributed by atoms with van der Waals surface area (Å²) in [5, 5.41) is 21.0. The third-order valence-electron chi connectivity index (χ3n) is 6.73. The molecule has 1 N–H and O–H groups in total. The fourth-order valence-corrected chi connectivity index (χ4v) is 6.59. The Hall–Kier alpha value is -4.06. The molecule has 44 heavy (non-hydrogen) atoms. The quantitative estimate of drug-likeness (QED) is 0.0554. The number of thioether (sulfide) groups is 1.